The van der Waals surface area contributed by atoms with Crippen molar-refractivity contribution in [3.8, 4) is 22.9 Å². The lowest BCUT2D eigenvalue weighted by molar-refractivity contribution is -0.138. The summed E-state index contributed by atoms with van der Waals surface area (Å²) in [4.78, 5) is 7.16. The first-order valence-corrected chi connectivity index (χ1v) is 24.9. The number of rotatable bonds is 10. The first-order valence-electron chi connectivity index (χ1n) is 21.6. The molecule has 2 aliphatic heterocycles. The molecule has 0 spiro atoms. The van der Waals surface area contributed by atoms with E-state index in [1.54, 1.807) is 12.1 Å². The summed E-state index contributed by atoms with van der Waals surface area (Å²) in [5.41, 5.74) is 1.31. The number of alkyl halides is 6. The molecule has 8 aromatic rings. The number of hydrogen-bond acceptors (Lipinski definition) is 12. The van der Waals surface area contributed by atoms with Crippen molar-refractivity contribution in [1.82, 2.24) is 40.0 Å². The molecule has 4 aromatic heterocycles. The van der Waals surface area contributed by atoms with E-state index < -0.39 is 66.6 Å². The average molecular weight is 1040 g/mol. The first kappa shape index (κ1) is 49.4. The van der Waals surface area contributed by atoms with Crippen molar-refractivity contribution in [3.05, 3.63) is 191 Å². The summed E-state index contributed by atoms with van der Waals surface area (Å²) >= 11 is 0. The van der Waals surface area contributed by atoms with Crippen molar-refractivity contribution in [1.29, 1.82) is 0 Å². The second-order valence-electron chi connectivity index (χ2n) is 16.4. The number of benzene rings is 4. The summed E-state index contributed by atoms with van der Waals surface area (Å²) in [6.45, 7) is 0.453. The predicted molar refractivity (Wildman–Crippen MR) is 240 cm³/mol. The summed E-state index contributed by atoms with van der Waals surface area (Å²) in [5.74, 6) is -2.69. The summed E-state index contributed by atoms with van der Waals surface area (Å²) in [7, 11) is -7.74. The Morgan fingerprint density at radius 3 is 1.29 bits per heavy atom. The van der Waals surface area contributed by atoms with Crippen LogP contribution in [-0.2, 0) is 43.5 Å². The topological polar surface area (TPSA) is 174 Å². The second kappa shape index (κ2) is 19.5. The molecule has 72 heavy (non-hydrogen) atoms. The smallest absolute Gasteiger partial charge is 0.416 e. The van der Waals surface area contributed by atoms with Crippen LogP contribution in [-0.4, -0.2) is 70.0 Å². The van der Waals surface area contributed by atoms with Crippen molar-refractivity contribution >= 4 is 19.7 Å². The molecule has 6 heterocycles. The molecule has 14 nitrogen and oxygen atoms in total. The van der Waals surface area contributed by atoms with Crippen molar-refractivity contribution in [3.63, 3.8) is 0 Å². The van der Waals surface area contributed by atoms with Gasteiger partial charge in [0.15, 0.2) is 19.7 Å². The molecule has 10 rings (SSSR count). The second-order valence-corrected chi connectivity index (χ2v) is 20.4. The van der Waals surface area contributed by atoms with Gasteiger partial charge in [0.05, 0.1) is 93.2 Å². The van der Waals surface area contributed by atoms with Crippen molar-refractivity contribution in [2.45, 2.75) is 58.3 Å². The van der Waals surface area contributed by atoms with Crippen LogP contribution in [0, 0.1) is 11.9 Å². The van der Waals surface area contributed by atoms with Gasteiger partial charge in [-0.3, -0.25) is 0 Å². The van der Waals surface area contributed by atoms with E-state index >= 15 is 0 Å². The van der Waals surface area contributed by atoms with Crippen LogP contribution in [0.5, 0.6) is 11.5 Å². The molecule has 0 N–H and O–H groups in total. The zero-order valence-corrected chi connectivity index (χ0v) is 38.6. The van der Waals surface area contributed by atoms with Crippen LogP contribution in [0.4, 0.5) is 35.1 Å². The van der Waals surface area contributed by atoms with E-state index in [1.165, 1.54) is 94.8 Å². The molecule has 0 aliphatic carbocycles. The number of pyridine rings is 2. The van der Waals surface area contributed by atoms with E-state index in [-0.39, 0.29) is 57.6 Å². The van der Waals surface area contributed by atoms with Crippen LogP contribution in [0.1, 0.15) is 69.4 Å². The van der Waals surface area contributed by atoms with E-state index in [0.29, 0.717) is 46.6 Å². The predicted octanol–water partition coefficient (Wildman–Crippen LogP) is 9.42. The molecule has 4 aromatic carbocycles. The minimum atomic E-state index is -4.54. The Bertz CT molecular complexity index is 3280. The van der Waals surface area contributed by atoms with Crippen molar-refractivity contribution < 1.29 is 61.4 Å². The third kappa shape index (κ3) is 10.7. The van der Waals surface area contributed by atoms with Crippen LogP contribution >= 0.6 is 0 Å². The van der Waals surface area contributed by atoms with Crippen molar-refractivity contribution in [2.24, 2.45) is 0 Å². The highest BCUT2D eigenvalue weighted by atomic mass is 32.2. The van der Waals surface area contributed by atoms with Gasteiger partial charge in [0, 0.05) is 23.0 Å². The Morgan fingerprint density at radius 2 is 0.931 bits per heavy atom. The van der Waals surface area contributed by atoms with Gasteiger partial charge in [-0.25, -0.2) is 36.2 Å². The molecule has 0 radical (unpaired) electrons. The van der Waals surface area contributed by atoms with E-state index in [1.807, 2.05) is 0 Å². The molecule has 0 bridgehead atoms. The molecule has 2 atom stereocenters. The van der Waals surface area contributed by atoms with Crippen LogP contribution in [0.25, 0.3) is 11.4 Å². The molecule has 2 aliphatic rings. The van der Waals surface area contributed by atoms with Crippen LogP contribution < -0.4 is 9.47 Å². The van der Waals surface area contributed by atoms with Gasteiger partial charge >= 0.3 is 12.4 Å². The van der Waals surface area contributed by atoms with Gasteiger partial charge in [-0.2, -0.15) is 35.1 Å². The van der Waals surface area contributed by atoms with E-state index in [4.69, 9.17) is 9.47 Å². The zero-order valence-electron chi connectivity index (χ0n) is 37.0. The van der Waals surface area contributed by atoms with E-state index in [2.05, 4.69) is 30.6 Å². The number of sulfone groups is 2. The summed E-state index contributed by atoms with van der Waals surface area (Å²) in [6.07, 6.45) is -2.52. The Balaban J connectivity index is 0.000000178. The molecule has 24 heteroatoms. The molecule has 0 fully saturated rings. The van der Waals surface area contributed by atoms with Crippen LogP contribution in [0.15, 0.2) is 144 Å². The average Bonchev–Trinajstić information content (AvgIpc) is 4.09. The Labute approximate surface area is 404 Å². The molecule has 372 valence electrons. The van der Waals surface area contributed by atoms with Gasteiger partial charge in [-0.1, -0.05) is 46.8 Å². The SMILES string of the molecule is O=S(=O)(Cc1cccc(F)n1)c1ccc2c(c1)OCC[C@@H]2c1ccc(C(F)(F)F)cc1-n1ccnn1.O=S(=O)(Cc1cccc(F)n1)c1ccc2c(c1)OCC[C@H]2c1ccc(C(F)(F)F)cc1-n1ccnn1. The van der Waals surface area contributed by atoms with Crippen molar-refractivity contribution in [2.75, 3.05) is 13.2 Å². The monoisotopic (exact) mass is 1040 g/mol. The highest BCUT2D eigenvalue weighted by molar-refractivity contribution is 7.91. The highest BCUT2D eigenvalue weighted by Gasteiger charge is 2.36. The number of fused-ring (bicyclic) bond motifs is 2. The number of aromatic nitrogens is 8. The maximum atomic E-state index is 13.4. The lowest BCUT2D eigenvalue weighted by Crippen LogP contribution is -2.18. The van der Waals surface area contributed by atoms with E-state index in [9.17, 15) is 52.0 Å². The minimum absolute atomic E-state index is 0.0307. The summed E-state index contributed by atoms with van der Waals surface area (Å²) in [6, 6.07) is 23.5. The van der Waals surface area contributed by atoms with Gasteiger partial charge < -0.3 is 9.47 Å². The van der Waals surface area contributed by atoms with Gasteiger partial charge in [0.25, 0.3) is 0 Å². The fraction of sp³-hybridized carbons (Fsp3) is 0.208. The molecule has 0 amide bonds. The lowest BCUT2D eigenvalue weighted by atomic mass is 9.85. The lowest BCUT2D eigenvalue weighted by Gasteiger charge is -2.28. The van der Waals surface area contributed by atoms with Gasteiger partial charge in [-0.05, 0) is 96.8 Å². The number of halogens is 8. The fourth-order valence-electron chi connectivity index (χ4n) is 8.49. The quantitative estimate of drug-likeness (QED) is 0.0939. The zero-order chi connectivity index (χ0) is 51.0. The highest BCUT2D eigenvalue weighted by Crippen LogP contribution is 2.45. The standard InChI is InChI=1S/2C24H18F4N4O3S/c2*25-23-3-1-2-16(30-23)14-36(33,34)17-5-7-20-18(8-11-35-22(20)13-17)19-6-4-15(24(26,27)28)12-21(19)32-10-9-29-31-32/h2*1-7,9-10,12-13,18H,8,11,14H2/t2*18-/m10/s1. The number of ether oxygens (including phenoxy) is 2. The molecule has 0 unspecified atom stereocenters. The van der Waals surface area contributed by atoms with Crippen LogP contribution in [0.3, 0.4) is 0 Å². The molecule has 0 saturated heterocycles. The van der Waals surface area contributed by atoms with Gasteiger partial charge in [0.2, 0.25) is 11.9 Å². The van der Waals surface area contributed by atoms with Gasteiger partial charge in [-0.15, -0.1) is 10.2 Å². The minimum Gasteiger partial charge on any atom is -0.493 e. The van der Waals surface area contributed by atoms with Gasteiger partial charge in [0.1, 0.15) is 11.5 Å². The third-order valence-corrected chi connectivity index (χ3v) is 15.1. The maximum absolute atomic E-state index is 13.4. The molecular formula is C48H36F8N8O6S2. The summed E-state index contributed by atoms with van der Waals surface area (Å²) < 4.78 is 173. The van der Waals surface area contributed by atoms with Crippen LogP contribution in [0.2, 0.25) is 0 Å². The molecule has 0 saturated carbocycles. The Hall–Kier alpha value is -7.60. The fourth-order valence-corrected chi connectivity index (χ4v) is 11.0. The maximum Gasteiger partial charge on any atom is 0.416 e. The largest absolute Gasteiger partial charge is 0.493 e. The first-order chi connectivity index (χ1) is 34.2. The Kier molecular flexibility index (Phi) is 13.4. The molecular weight excluding hydrogens is 1000 g/mol. The third-order valence-electron chi connectivity index (χ3n) is 11.8. The number of hydrogen-bond donors (Lipinski definition) is 0. The number of nitrogens with zero attached hydrogens (tertiary/aromatic N) is 8. The normalized spacial score (nSPS) is 15.8. The summed E-state index contributed by atoms with van der Waals surface area (Å²) in [5, 5.41) is 15.2. The van der Waals surface area contributed by atoms with E-state index in [0.717, 1.165) is 36.4 Å². The Morgan fingerprint density at radius 1 is 0.528 bits per heavy atom.